The van der Waals surface area contributed by atoms with E-state index in [9.17, 15) is 4.79 Å². The predicted octanol–water partition coefficient (Wildman–Crippen LogP) is 1.11. The summed E-state index contributed by atoms with van der Waals surface area (Å²) < 4.78 is 5.18. The third-order valence-electron chi connectivity index (χ3n) is 2.21. The summed E-state index contributed by atoms with van der Waals surface area (Å²) in [6.07, 6.45) is 0.555. The summed E-state index contributed by atoms with van der Waals surface area (Å²) in [6.45, 7) is 0.427. The molecule has 0 aliphatic carbocycles. The van der Waals surface area contributed by atoms with Gasteiger partial charge in [-0.15, -0.1) is 0 Å². The van der Waals surface area contributed by atoms with Crippen molar-refractivity contribution in [3.63, 3.8) is 0 Å². The van der Waals surface area contributed by atoms with Gasteiger partial charge in [0.05, 0.1) is 6.54 Å². The minimum Gasteiger partial charge on any atom is -0.474 e. The van der Waals surface area contributed by atoms with Gasteiger partial charge in [0.1, 0.15) is 6.10 Å². The van der Waals surface area contributed by atoms with Crippen molar-refractivity contribution in [2.24, 2.45) is 4.99 Å². The lowest BCUT2D eigenvalue weighted by Gasteiger charge is -2.09. The number of carboxylic acids is 1. The number of aliphatic carboxylic acids is 1. The molecule has 0 amide bonds. The maximum absolute atomic E-state index is 10.5. The van der Waals surface area contributed by atoms with Crippen LogP contribution in [0.5, 0.6) is 0 Å². The number of hydrogen-bond acceptors (Lipinski definition) is 3. The number of carbonyl (C=O) groups is 1. The zero-order chi connectivity index (χ0) is 10.7. The van der Waals surface area contributed by atoms with E-state index in [4.69, 9.17) is 9.84 Å². The molecule has 1 aliphatic heterocycles. The third-order valence-corrected chi connectivity index (χ3v) is 2.21. The molecule has 1 N–H and O–H groups in total. The molecule has 15 heavy (non-hydrogen) atoms. The molecule has 0 aromatic heterocycles. The van der Waals surface area contributed by atoms with Gasteiger partial charge in [-0.2, -0.15) is 0 Å². The molecular formula is C11H11NO3. The van der Waals surface area contributed by atoms with Gasteiger partial charge in [0.25, 0.3) is 5.90 Å². The SMILES string of the molecule is O=C(O)C1=NCC(Cc2ccccc2)O1. The van der Waals surface area contributed by atoms with E-state index in [0.717, 1.165) is 5.56 Å². The van der Waals surface area contributed by atoms with Crippen LogP contribution in [0.4, 0.5) is 0 Å². The Hall–Kier alpha value is -1.84. The average Bonchev–Trinajstić information content (AvgIpc) is 2.68. The van der Waals surface area contributed by atoms with Gasteiger partial charge in [-0.05, 0) is 5.56 Å². The Morgan fingerprint density at radius 2 is 2.20 bits per heavy atom. The Morgan fingerprint density at radius 1 is 1.47 bits per heavy atom. The molecule has 0 bridgehead atoms. The van der Waals surface area contributed by atoms with E-state index in [2.05, 4.69) is 4.99 Å². The van der Waals surface area contributed by atoms with Crippen molar-refractivity contribution in [1.29, 1.82) is 0 Å². The normalized spacial score (nSPS) is 19.5. The number of ether oxygens (including phenoxy) is 1. The second kappa shape index (κ2) is 4.13. The Balaban J connectivity index is 1.93. The largest absolute Gasteiger partial charge is 0.474 e. The number of carboxylic acid groups (broad SMARTS) is 1. The summed E-state index contributed by atoms with van der Waals surface area (Å²) in [5, 5.41) is 8.64. The number of rotatable bonds is 3. The van der Waals surface area contributed by atoms with Gasteiger partial charge in [0.2, 0.25) is 0 Å². The van der Waals surface area contributed by atoms with Crippen molar-refractivity contribution in [2.75, 3.05) is 6.54 Å². The van der Waals surface area contributed by atoms with Crippen LogP contribution in [-0.2, 0) is 16.0 Å². The Bertz CT molecular complexity index is 386. The Labute approximate surface area is 87.2 Å². The molecule has 4 nitrogen and oxygen atoms in total. The second-order valence-corrected chi connectivity index (χ2v) is 3.38. The standard InChI is InChI=1S/C11H11NO3/c13-11(14)10-12-7-9(15-10)6-8-4-2-1-3-5-8/h1-5,9H,6-7H2,(H,13,14). The summed E-state index contributed by atoms with van der Waals surface area (Å²) in [4.78, 5) is 14.4. The number of nitrogens with zero attached hydrogens (tertiary/aromatic N) is 1. The molecule has 0 saturated heterocycles. The van der Waals surface area contributed by atoms with Crippen molar-refractivity contribution >= 4 is 11.9 Å². The topological polar surface area (TPSA) is 58.9 Å². The van der Waals surface area contributed by atoms with Crippen LogP contribution in [0.15, 0.2) is 35.3 Å². The van der Waals surface area contributed by atoms with Gasteiger partial charge in [0.15, 0.2) is 0 Å². The first-order chi connectivity index (χ1) is 7.25. The Kier molecular flexibility index (Phi) is 2.67. The molecule has 1 unspecified atom stereocenters. The van der Waals surface area contributed by atoms with Crippen molar-refractivity contribution in [1.82, 2.24) is 0 Å². The molecular weight excluding hydrogens is 194 g/mol. The summed E-state index contributed by atoms with van der Waals surface area (Å²) in [5.74, 6) is -1.26. The highest BCUT2D eigenvalue weighted by atomic mass is 16.5. The van der Waals surface area contributed by atoms with Crippen molar-refractivity contribution in [2.45, 2.75) is 12.5 Å². The molecule has 1 heterocycles. The van der Waals surface area contributed by atoms with Crippen LogP contribution in [-0.4, -0.2) is 29.6 Å². The molecule has 0 saturated carbocycles. The molecule has 4 heteroatoms. The Morgan fingerprint density at radius 3 is 2.80 bits per heavy atom. The zero-order valence-corrected chi connectivity index (χ0v) is 8.09. The molecule has 2 rings (SSSR count). The molecule has 1 aromatic rings. The number of aliphatic imine (C=N–C) groups is 1. The average molecular weight is 205 g/mol. The van der Waals surface area contributed by atoms with E-state index in [1.54, 1.807) is 0 Å². The van der Waals surface area contributed by atoms with E-state index in [1.165, 1.54) is 0 Å². The first-order valence-electron chi connectivity index (χ1n) is 4.74. The fourth-order valence-electron chi connectivity index (χ4n) is 1.52. The maximum Gasteiger partial charge on any atom is 0.391 e. The summed E-state index contributed by atoms with van der Waals surface area (Å²) in [5.41, 5.74) is 1.13. The third kappa shape index (κ3) is 2.34. The maximum atomic E-state index is 10.5. The van der Waals surface area contributed by atoms with Gasteiger partial charge in [-0.3, -0.25) is 0 Å². The quantitative estimate of drug-likeness (QED) is 0.804. The van der Waals surface area contributed by atoms with Crippen LogP contribution < -0.4 is 0 Å². The minimum atomic E-state index is -1.09. The van der Waals surface area contributed by atoms with E-state index in [-0.39, 0.29) is 12.0 Å². The highest BCUT2D eigenvalue weighted by molar-refractivity contribution is 6.32. The van der Waals surface area contributed by atoms with Crippen molar-refractivity contribution < 1.29 is 14.6 Å². The van der Waals surface area contributed by atoms with E-state index < -0.39 is 5.97 Å². The van der Waals surface area contributed by atoms with E-state index >= 15 is 0 Å². The fraction of sp³-hybridized carbons (Fsp3) is 0.273. The minimum absolute atomic E-state index is 0.140. The van der Waals surface area contributed by atoms with Gasteiger partial charge < -0.3 is 9.84 Å². The van der Waals surface area contributed by atoms with Crippen molar-refractivity contribution in [3.8, 4) is 0 Å². The molecule has 78 valence electrons. The van der Waals surface area contributed by atoms with E-state index in [1.807, 2.05) is 30.3 Å². The molecule has 0 fully saturated rings. The lowest BCUT2D eigenvalue weighted by atomic mass is 10.1. The van der Waals surface area contributed by atoms with Gasteiger partial charge in [-0.1, -0.05) is 30.3 Å². The lowest BCUT2D eigenvalue weighted by Crippen LogP contribution is -2.20. The smallest absolute Gasteiger partial charge is 0.391 e. The van der Waals surface area contributed by atoms with Gasteiger partial charge >= 0.3 is 5.97 Å². The van der Waals surface area contributed by atoms with Crippen LogP contribution in [0.25, 0.3) is 0 Å². The molecule has 1 aliphatic rings. The molecule has 0 spiro atoms. The lowest BCUT2D eigenvalue weighted by molar-refractivity contribution is -0.131. The van der Waals surface area contributed by atoms with Gasteiger partial charge in [0, 0.05) is 6.42 Å². The monoisotopic (exact) mass is 205 g/mol. The van der Waals surface area contributed by atoms with Gasteiger partial charge in [-0.25, -0.2) is 9.79 Å². The van der Waals surface area contributed by atoms with E-state index in [0.29, 0.717) is 13.0 Å². The highest BCUT2D eigenvalue weighted by Crippen LogP contribution is 2.11. The number of hydrogen-bond donors (Lipinski definition) is 1. The molecule has 0 radical (unpaired) electrons. The first kappa shape index (κ1) is 9.71. The summed E-state index contributed by atoms with van der Waals surface area (Å²) in [6, 6.07) is 9.81. The summed E-state index contributed by atoms with van der Waals surface area (Å²) >= 11 is 0. The second-order valence-electron chi connectivity index (χ2n) is 3.38. The van der Waals surface area contributed by atoms with Crippen LogP contribution in [0.2, 0.25) is 0 Å². The molecule has 1 atom stereocenters. The first-order valence-corrected chi connectivity index (χ1v) is 4.74. The predicted molar refractivity (Wildman–Crippen MR) is 55.0 cm³/mol. The van der Waals surface area contributed by atoms with Crippen LogP contribution >= 0.6 is 0 Å². The van der Waals surface area contributed by atoms with Crippen LogP contribution in [0.1, 0.15) is 5.56 Å². The van der Waals surface area contributed by atoms with Crippen LogP contribution in [0.3, 0.4) is 0 Å². The molecule has 1 aromatic carbocycles. The highest BCUT2D eigenvalue weighted by Gasteiger charge is 2.24. The van der Waals surface area contributed by atoms with Crippen molar-refractivity contribution in [3.05, 3.63) is 35.9 Å². The zero-order valence-electron chi connectivity index (χ0n) is 8.09. The van der Waals surface area contributed by atoms with Crippen LogP contribution in [0, 0.1) is 0 Å². The fourth-order valence-corrected chi connectivity index (χ4v) is 1.52. The summed E-state index contributed by atoms with van der Waals surface area (Å²) in [7, 11) is 0. The number of benzene rings is 1.